The van der Waals surface area contributed by atoms with E-state index in [-0.39, 0.29) is 24.5 Å². The molecule has 1 aromatic heterocycles. The van der Waals surface area contributed by atoms with Crippen LogP contribution in [0.15, 0.2) is 41.2 Å². The van der Waals surface area contributed by atoms with Gasteiger partial charge in [0, 0.05) is 19.1 Å². The number of amides is 2. The van der Waals surface area contributed by atoms with Crippen LogP contribution in [0.2, 0.25) is 0 Å². The van der Waals surface area contributed by atoms with Crippen molar-refractivity contribution in [1.82, 2.24) is 10.2 Å². The third kappa shape index (κ3) is 4.94. The summed E-state index contributed by atoms with van der Waals surface area (Å²) < 4.78 is 10.7. The molecule has 1 N–H and O–H groups in total. The molecule has 0 unspecified atom stereocenters. The number of likely N-dealkylation sites (tertiary alicyclic amines) is 1. The van der Waals surface area contributed by atoms with Crippen LogP contribution in [0.3, 0.4) is 0 Å². The topological polar surface area (TPSA) is 71.8 Å². The molecule has 0 bridgehead atoms. The van der Waals surface area contributed by atoms with Crippen molar-refractivity contribution in [2.45, 2.75) is 45.6 Å². The SMILES string of the molecule is Cc1ccc(C(C)C)cc1OCC(=O)NC1CCN(C(=O)c2ccoc2)CC1. The molecule has 1 aliphatic rings. The summed E-state index contributed by atoms with van der Waals surface area (Å²) in [4.78, 5) is 26.4. The van der Waals surface area contributed by atoms with Gasteiger partial charge in [0.1, 0.15) is 12.0 Å². The van der Waals surface area contributed by atoms with Gasteiger partial charge in [-0.3, -0.25) is 9.59 Å². The van der Waals surface area contributed by atoms with E-state index < -0.39 is 0 Å². The van der Waals surface area contributed by atoms with Gasteiger partial charge < -0.3 is 19.4 Å². The molecule has 28 heavy (non-hydrogen) atoms. The number of nitrogens with zero attached hydrogens (tertiary/aromatic N) is 1. The van der Waals surface area contributed by atoms with Gasteiger partial charge in [0.2, 0.25) is 0 Å². The minimum atomic E-state index is -0.131. The molecular formula is C22H28N2O4. The quantitative estimate of drug-likeness (QED) is 0.827. The van der Waals surface area contributed by atoms with E-state index in [4.69, 9.17) is 9.15 Å². The van der Waals surface area contributed by atoms with Gasteiger partial charge in [0.25, 0.3) is 11.8 Å². The number of piperidine rings is 1. The van der Waals surface area contributed by atoms with Crippen LogP contribution in [0.5, 0.6) is 5.75 Å². The largest absolute Gasteiger partial charge is 0.483 e. The van der Waals surface area contributed by atoms with Gasteiger partial charge in [-0.2, -0.15) is 0 Å². The third-order valence-corrected chi connectivity index (χ3v) is 5.15. The first-order chi connectivity index (χ1) is 13.4. The van der Waals surface area contributed by atoms with Crippen molar-refractivity contribution in [1.29, 1.82) is 0 Å². The first kappa shape index (κ1) is 20.0. The number of benzene rings is 1. The van der Waals surface area contributed by atoms with E-state index in [0.717, 1.165) is 24.2 Å². The molecule has 150 valence electrons. The number of aryl methyl sites for hydroxylation is 1. The molecule has 0 aliphatic carbocycles. The Morgan fingerprint density at radius 3 is 2.64 bits per heavy atom. The highest BCUT2D eigenvalue weighted by molar-refractivity contribution is 5.93. The highest BCUT2D eigenvalue weighted by Crippen LogP contribution is 2.24. The summed E-state index contributed by atoms with van der Waals surface area (Å²) >= 11 is 0. The summed E-state index contributed by atoms with van der Waals surface area (Å²) in [7, 11) is 0. The van der Waals surface area contributed by atoms with Crippen molar-refractivity contribution >= 4 is 11.8 Å². The zero-order valence-corrected chi connectivity index (χ0v) is 16.7. The highest BCUT2D eigenvalue weighted by Gasteiger charge is 2.25. The van der Waals surface area contributed by atoms with Crippen LogP contribution in [-0.2, 0) is 4.79 Å². The van der Waals surface area contributed by atoms with Crippen LogP contribution in [0.1, 0.15) is 54.1 Å². The number of ether oxygens (including phenoxy) is 1. The Balaban J connectivity index is 1.45. The van der Waals surface area contributed by atoms with Crippen LogP contribution in [0.4, 0.5) is 0 Å². The van der Waals surface area contributed by atoms with Gasteiger partial charge in [0.05, 0.1) is 11.8 Å². The Labute approximate surface area is 165 Å². The molecule has 0 spiro atoms. The van der Waals surface area contributed by atoms with Crippen molar-refractivity contribution in [3.63, 3.8) is 0 Å². The lowest BCUT2D eigenvalue weighted by atomic mass is 10.0. The summed E-state index contributed by atoms with van der Waals surface area (Å²) in [6, 6.07) is 7.85. The molecule has 6 heteroatoms. The lowest BCUT2D eigenvalue weighted by Crippen LogP contribution is -2.47. The van der Waals surface area contributed by atoms with Gasteiger partial charge in [0.15, 0.2) is 6.61 Å². The Kier molecular flexibility index (Phi) is 6.39. The van der Waals surface area contributed by atoms with Crippen molar-refractivity contribution in [3.05, 3.63) is 53.5 Å². The molecule has 1 aliphatic heterocycles. The minimum absolute atomic E-state index is 0.00342. The second-order valence-electron chi connectivity index (χ2n) is 7.61. The van der Waals surface area contributed by atoms with E-state index in [1.165, 1.54) is 18.1 Å². The van der Waals surface area contributed by atoms with Crippen molar-refractivity contribution in [2.75, 3.05) is 19.7 Å². The molecule has 0 atom stereocenters. The molecule has 1 saturated heterocycles. The zero-order chi connectivity index (χ0) is 20.1. The van der Waals surface area contributed by atoms with Crippen molar-refractivity contribution in [3.8, 4) is 5.75 Å². The molecule has 1 fully saturated rings. The molecular weight excluding hydrogens is 356 g/mol. The Morgan fingerprint density at radius 2 is 2.00 bits per heavy atom. The fraction of sp³-hybridized carbons (Fsp3) is 0.455. The predicted molar refractivity (Wildman–Crippen MR) is 107 cm³/mol. The molecule has 3 rings (SSSR count). The second-order valence-corrected chi connectivity index (χ2v) is 7.61. The zero-order valence-electron chi connectivity index (χ0n) is 16.7. The Morgan fingerprint density at radius 1 is 1.25 bits per heavy atom. The molecule has 0 saturated carbocycles. The summed E-state index contributed by atoms with van der Waals surface area (Å²) in [6.45, 7) is 7.47. The molecule has 6 nitrogen and oxygen atoms in total. The summed E-state index contributed by atoms with van der Waals surface area (Å²) in [5.41, 5.74) is 2.77. The van der Waals surface area contributed by atoms with Crippen LogP contribution in [0, 0.1) is 6.92 Å². The van der Waals surface area contributed by atoms with E-state index in [2.05, 4.69) is 25.2 Å². The molecule has 0 radical (unpaired) electrons. The average Bonchev–Trinajstić information content (AvgIpc) is 3.22. The van der Waals surface area contributed by atoms with Gasteiger partial charge >= 0.3 is 0 Å². The van der Waals surface area contributed by atoms with E-state index in [0.29, 0.717) is 24.6 Å². The number of hydrogen-bond donors (Lipinski definition) is 1. The van der Waals surface area contributed by atoms with Gasteiger partial charge in [-0.05, 0) is 48.9 Å². The first-order valence-corrected chi connectivity index (χ1v) is 9.78. The van der Waals surface area contributed by atoms with Crippen molar-refractivity contribution in [2.24, 2.45) is 0 Å². The van der Waals surface area contributed by atoms with Crippen LogP contribution >= 0.6 is 0 Å². The normalized spacial score (nSPS) is 14.9. The minimum Gasteiger partial charge on any atom is -0.483 e. The number of carbonyl (C=O) groups excluding carboxylic acids is 2. The van der Waals surface area contributed by atoms with Crippen LogP contribution in [0.25, 0.3) is 0 Å². The van der Waals surface area contributed by atoms with Gasteiger partial charge in [-0.25, -0.2) is 0 Å². The predicted octanol–water partition coefficient (Wildman–Crippen LogP) is 3.51. The first-order valence-electron chi connectivity index (χ1n) is 9.78. The maximum Gasteiger partial charge on any atom is 0.258 e. The third-order valence-electron chi connectivity index (χ3n) is 5.15. The average molecular weight is 384 g/mol. The van der Waals surface area contributed by atoms with E-state index in [1.807, 2.05) is 19.1 Å². The van der Waals surface area contributed by atoms with Crippen LogP contribution in [-0.4, -0.2) is 42.5 Å². The number of furan rings is 1. The maximum absolute atomic E-state index is 12.3. The van der Waals surface area contributed by atoms with E-state index >= 15 is 0 Å². The fourth-order valence-electron chi connectivity index (χ4n) is 3.34. The molecule has 2 aromatic rings. The Hall–Kier alpha value is -2.76. The van der Waals surface area contributed by atoms with Gasteiger partial charge in [-0.15, -0.1) is 0 Å². The Bertz CT molecular complexity index is 806. The number of carbonyl (C=O) groups is 2. The number of hydrogen-bond acceptors (Lipinski definition) is 4. The maximum atomic E-state index is 12.3. The highest BCUT2D eigenvalue weighted by atomic mass is 16.5. The lowest BCUT2D eigenvalue weighted by Gasteiger charge is -2.32. The smallest absolute Gasteiger partial charge is 0.258 e. The van der Waals surface area contributed by atoms with Gasteiger partial charge in [-0.1, -0.05) is 26.0 Å². The molecule has 2 heterocycles. The molecule has 1 aromatic carbocycles. The monoisotopic (exact) mass is 384 g/mol. The number of nitrogens with one attached hydrogen (secondary N) is 1. The lowest BCUT2D eigenvalue weighted by molar-refractivity contribution is -0.124. The summed E-state index contributed by atoms with van der Waals surface area (Å²) in [5.74, 6) is 1.00. The number of rotatable bonds is 6. The standard InChI is InChI=1S/C22H28N2O4/c1-15(2)17-5-4-16(3)20(12-17)28-14-21(25)23-19-6-9-24(10-7-19)22(26)18-8-11-27-13-18/h4-5,8,11-13,15,19H,6-7,9-10,14H2,1-3H3,(H,23,25). The summed E-state index contributed by atoms with van der Waals surface area (Å²) in [5, 5.41) is 3.02. The second kappa shape index (κ2) is 8.95. The van der Waals surface area contributed by atoms with Crippen molar-refractivity contribution < 1.29 is 18.7 Å². The summed E-state index contributed by atoms with van der Waals surface area (Å²) in [6.07, 6.45) is 4.43. The fourth-order valence-corrected chi connectivity index (χ4v) is 3.34. The van der Waals surface area contributed by atoms with E-state index in [1.54, 1.807) is 11.0 Å². The molecule has 2 amide bonds. The van der Waals surface area contributed by atoms with Crippen LogP contribution < -0.4 is 10.1 Å². The van der Waals surface area contributed by atoms with E-state index in [9.17, 15) is 9.59 Å².